The number of fused-ring (bicyclic) bond motifs is 1. The van der Waals surface area contributed by atoms with Crippen LogP contribution in [0.1, 0.15) is 11.4 Å². The molecule has 35 heavy (non-hydrogen) atoms. The minimum absolute atomic E-state index is 0.363. The molecule has 0 bridgehead atoms. The molecule has 0 fully saturated rings. The number of hydrogen-bond acceptors (Lipinski definition) is 6. The molecule has 1 heterocycles. The highest BCUT2D eigenvalue weighted by Gasteiger charge is 2.13. The minimum atomic E-state index is 0.363. The van der Waals surface area contributed by atoms with Crippen LogP contribution in [-0.2, 0) is 0 Å². The molecule has 0 aliphatic heterocycles. The number of para-hydroxylation sites is 2. The van der Waals surface area contributed by atoms with E-state index in [-0.39, 0.29) is 0 Å². The molecule has 0 atom stereocenters. The molecule has 1 aromatic heterocycles. The fourth-order valence-electron chi connectivity index (χ4n) is 3.46. The average Bonchev–Trinajstić information content (AvgIpc) is 2.88. The van der Waals surface area contributed by atoms with Gasteiger partial charge in [0.2, 0.25) is 5.75 Å². The van der Waals surface area contributed by atoms with E-state index in [1.165, 1.54) is 0 Å². The maximum Gasteiger partial charge on any atom is 0.203 e. The number of nitrogens with one attached hydrogen (secondary N) is 2. The summed E-state index contributed by atoms with van der Waals surface area (Å²) in [4.78, 5) is 9.35. The van der Waals surface area contributed by atoms with Crippen molar-refractivity contribution in [2.75, 3.05) is 32.0 Å². The Kier molecular flexibility index (Phi) is 7.64. The SMILES string of the molecule is COc1cc(/C=C/c2nc(NC(=S)Nc3ccccc3Cl)c3ccccc3n2)cc(OC)c1OC. The lowest BCUT2D eigenvalue weighted by Gasteiger charge is -2.13. The third-order valence-electron chi connectivity index (χ3n) is 5.09. The molecule has 4 aromatic rings. The molecule has 0 spiro atoms. The summed E-state index contributed by atoms with van der Waals surface area (Å²) in [6.45, 7) is 0. The van der Waals surface area contributed by atoms with E-state index in [0.717, 1.165) is 16.5 Å². The molecule has 0 aliphatic rings. The van der Waals surface area contributed by atoms with Gasteiger partial charge in [0.15, 0.2) is 22.4 Å². The number of ether oxygens (including phenoxy) is 3. The van der Waals surface area contributed by atoms with Crippen molar-refractivity contribution < 1.29 is 14.2 Å². The fourth-order valence-corrected chi connectivity index (χ4v) is 3.85. The predicted octanol–water partition coefficient (Wildman–Crippen LogP) is 6.29. The van der Waals surface area contributed by atoms with Crippen molar-refractivity contribution in [2.24, 2.45) is 0 Å². The lowest BCUT2D eigenvalue weighted by atomic mass is 10.1. The third-order valence-corrected chi connectivity index (χ3v) is 5.62. The number of benzene rings is 3. The van der Waals surface area contributed by atoms with Crippen LogP contribution < -0.4 is 24.8 Å². The molecule has 0 saturated heterocycles. The quantitative estimate of drug-likeness (QED) is 0.283. The van der Waals surface area contributed by atoms with Gasteiger partial charge in [0.1, 0.15) is 5.82 Å². The van der Waals surface area contributed by atoms with Crippen molar-refractivity contribution in [3.8, 4) is 17.2 Å². The first-order valence-electron chi connectivity index (χ1n) is 10.6. The second-order valence-electron chi connectivity index (χ2n) is 7.30. The Morgan fingerprint density at radius 1 is 0.857 bits per heavy atom. The Labute approximate surface area is 213 Å². The maximum atomic E-state index is 6.24. The number of thiocarbonyl (C=S) groups is 1. The molecule has 0 aliphatic carbocycles. The second kappa shape index (κ2) is 11.0. The zero-order chi connectivity index (χ0) is 24.8. The fraction of sp³-hybridized carbons (Fsp3) is 0.115. The van der Waals surface area contributed by atoms with Gasteiger partial charge in [0.25, 0.3) is 0 Å². The normalized spacial score (nSPS) is 10.9. The van der Waals surface area contributed by atoms with E-state index in [1.807, 2.05) is 66.7 Å². The topological polar surface area (TPSA) is 77.5 Å². The number of rotatable bonds is 7. The molecule has 178 valence electrons. The molecule has 0 saturated carbocycles. The molecular formula is C26H23ClN4O3S. The largest absolute Gasteiger partial charge is 0.493 e. The van der Waals surface area contributed by atoms with Gasteiger partial charge in [0, 0.05) is 5.39 Å². The molecule has 0 amide bonds. The first kappa shape index (κ1) is 24.3. The number of anilines is 2. The van der Waals surface area contributed by atoms with Gasteiger partial charge in [-0.15, -0.1) is 0 Å². The van der Waals surface area contributed by atoms with Crippen molar-refractivity contribution in [1.82, 2.24) is 9.97 Å². The van der Waals surface area contributed by atoms with E-state index in [9.17, 15) is 0 Å². The second-order valence-corrected chi connectivity index (χ2v) is 8.11. The summed E-state index contributed by atoms with van der Waals surface area (Å²) >= 11 is 11.7. The summed E-state index contributed by atoms with van der Waals surface area (Å²) in [6.07, 6.45) is 3.68. The van der Waals surface area contributed by atoms with Crippen molar-refractivity contribution in [2.45, 2.75) is 0 Å². The van der Waals surface area contributed by atoms with Crippen LogP contribution in [0.2, 0.25) is 5.02 Å². The molecular weight excluding hydrogens is 484 g/mol. The highest BCUT2D eigenvalue weighted by molar-refractivity contribution is 7.80. The third kappa shape index (κ3) is 5.62. The van der Waals surface area contributed by atoms with Crippen molar-refractivity contribution >= 4 is 63.5 Å². The summed E-state index contributed by atoms with van der Waals surface area (Å²) in [6, 6.07) is 18.8. The van der Waals surface area contributed by atoms with E-state index >= 15 is 0 Å². The molecule has 3 aromatic carbocycles. The van der Waals surface area contributed by atoms with E-state index in [1.54, 1.807) is 27.4 Å². The van der Waals surface area contributed by atoms with Crippen LogP contribution in [0.5, 0.6) is 17.2 Å². The Hall–Kier alpha value is -3.88. The first-order chi connectivity index (χ1) is 17.0. The zero-order valence-electron chi connectivity index (χ0n) is 19.3. The Morgan fingerprint density at radius 3 is 2.23 bits per heavy atom. The summed E-state index contributed by atoms with van der Waals surface area (Å²) in [7, 11) is 4.72. The van der Waals surface area contributed by atoms with Crippen LogP contribution >= 0.6 is 23.8 Å². The standard InChI is InChI=1S/C26H23ClN4O3S/c1-32-21-14-16(15-22(33-2)24(21)34-3)12-13-23-28-19-10-6-4-8-17(19)25(30-23)31-26(35)29-20-11-7-5-9-18(20)27/h4-15H,1-3H3,(H2,28,29,30,31,35)/b13-12+. The summed E-state index contributed by atoms with van der Waals surface area (Å²) in [5.74, 6) is 2.72. The average molecular weight is 507 g/mol. The van der Waals surface area contributed by atoms with Crippen molar-refractivity contribution in [3.63, 3.8) is 0 Å². The van der Waals surface area contributed by atoms with Gasteiger partial charge in [-0.1, -0.05) is 41.9 Å². The molecule has 0 radical (unpaired) electrons. The predicted molar refractivity (Wildman–Crippen MR) is 146 cm³/mol. The van der Waals surface area contributed by atoms with Crippen LogP contribution in [0.3, 0.4) is 0 Å². The van der Waals surface area contributed by atoms with Gasteiger partial charge in [-0.05, 0) is 60.3 Å². The Balaban J connectivity index is 1.65. The summed E-state index contributed by atoms with van der Waals surface area (Å²) in [5, 5.41) is 8.04. The summed E-state index contributed by atoms with van der Waals surface area (Å²) < 4.78 is 16.3. The van der Waals surface area contributed by atoms with Gasteiger partial charge in [-0.3, -0.25) is 0 Å². The lowest BCUT2D eigenvalue weighted by molar-refractivity contribution is 0.324. The Morgan fingerprint density at radius 2 is 1.54 bits per heavy atom. The number of nitrogens with zero attached hydrogens (tertiary/aromatic N) is 2. The van der Waals surface area contributed by atoms with Crippen LogP contribution in [0.15, 0.2) is 60.7 Å². The van der Waals surface area contributed by atoms with Crippen LogP contribution in [-0.4, -0.2) is 36.4 Å². The van der Waals surface area contributed by atoms with Gasteiger partial charge < -0.3 is 24.8 Å². The van der Waals surface area contributed by atoms with E-state index < -0.39 is 0 Å². The zero-order valence-corrected chi connectivity index (χ0v) is 20.9. The van der Waals surface area contributed by atoms with Gasteiger partial charge in [0.05, 0.1) is 37.6 Å². The molecule has 2 N–H and O–H groups in total. The van der Waals surface area contributed by atoms with E-state index in [4.69, 9.17) is 38.0 Å². The number of halogens is 1. The first-order valence-corrected chi connectivity index (χ1v) is 11.4. The monoisotopic (exact) mass is 506 g/mol. The van der Waals surface area contributed by atoms with Crippen LogP contribution in [0.4, 0.5) is 11.5 Å². The Bertz CT molecular complexity index is 1390. The van der Waals surface area contributed by atoms with E-state index in [0.29, 0.717) is 44.7 Å². The van der Waals surface area contributed by atoms with Gasteiger partial charge in [-0.2, -0.15) is 0 Å². The number of methoxy groups -OCH3 is 3. The number of aromatic nitrogens is 2. The van der Waals surface area contributed by atoms with Crippen LogP contribution in [0, 0.1) is 0 Å². The van der Waals surface area contributed by atoms with E-state index in [2.05, 4.69) is 20.6 Å². The molecule has 4 rings (SSSR count). The van der Waals surface area contributed by atoms with Crippen molar-refractivity contribution in [3.05, 3.63) is 77.1 Å². The number of hydrogen-bond donors (Lipinski definition) is 2. The van der Waals surface area contributed by atoms with Crippen molar-refractivity contribution in [1.29, 1.82) is 0 Å². The highest BCUT2D eigenvalue weighted by atomic mass is 35.5. The molecule has 7 nitrogen and oxygen atoms in total. The maximum absolute atomic E-state index is 6.24. The molecule has 9 heteroatoms. The minimum Gasteiger partial charge on any atom is -0.493 e. The summed E-state index contributed by atoms with van der Waals surface area (Å²) in [5.41, 5.74) is 2.31. The van der Waals surface area contributed by atoms with Gasteiger partial charge in [-0.25, -0.2) is 9.97 Å². The van der Waals surface area contributed by atoms with Gasteiger partial charge >= 0.3 is 0 Å². The lowest BCUT2D eigenvalue weighted by Crippen LogP contribution is -2.20. The van der Waals surface area contributed by atoms with Crippen LogP contribution in [0.25, 0.3) is 23.1 Å². The smallest absolute Gasteiger partial charge is 0.203 e. The molecule has 0 unspecified atom stereocenters. The highest BCUT2D eigenvalue weighted by Crippen LogP contribution is 2.38.